The summed E-state index contributed by atoms with van der Waals surface area (Å²) in [6.45, 7) is 4.36. The average molecular weight is 351 g/mol. The van der Waals surface area contributed by atoms with Gasteiger partial charge < -0.3 is 4.90 Å². The summed E-state index contributed by atoms with van der Waals surface area (Å²) in [6.07, 6.45) is 8.35. The molecule has 0 fully saturated rings. The van der Waals surface area contributed by atoms with Crippen LogP contribution in [0, 0.1) is 0 Å². The van der Waals surface area contributed by atoms with Crippen molar-refractivity contribution < 1.29 is 0 Å². The van der Waals surface area contributed by atoms with Crippen LogP contribution in [0.5, 0.6) is 0 Å². The molecule has 0 N–H and O–H groups in total. The lowest BCUT2D eigenvalue weighted by Crippen LogP contribution is -2.11. The number of benzene rings is 3. The van der Waals surface area contributed by atoms with Crippen LogP contribution in [0.25, 0.3) is 25.7 Å². The maximum Gasteiger partial charge on any atom is 0.0548 e. The molecule has 0 saturated carbocycles. The molecule has 3 aromatic carbocycles. The third-order valence-electron chi connectivity index (χ3n) is 4.78. The lowest BCUT2D eigenvalue weighted by atomic mass is 9.99. The molecule has 0 unspecified atom stereocenters. The van der Waals surface area contributed by atoms with Gasteiger partial charge in [-0.15, -0.1) is 11.3 Å². The van der Waals surface area contributed by atoms with Gasteiger partial charge in [0.25, 0.3) is 0 Å². The number of hydrogen-bond donors (Lipinski definition) is 0. The van der Waals surface area contributed by atoms with Crippen molar-refractivity contribution in [3.8, 4) is 0 Å². The number of hydrogen-bond acceptors (Lipinski definition) is 2. The summed E-state index contributed by atoms with van der Waals surface area (Å²) in [5.41, 5.74) is 4.57. The predicted molar refractivity (Wildman–Crippen MR) is 115 cm³/mol. The van der Waals surface area contributed by atoms with E-state index in [0.29, 0.717) is 0 Å². The van der Waals surface area contributed by atoms with Gasteiger partial charge in [0.1, 0.15) is 0 Å². The van der Waals surface area contributed by atoms with Gasteiger partial charge in [-0.1, -0.05) is 61.2 Å². The van der Waals surface area contributed by atoms with Crippen molar-refractivity contribution in [2.24, 2.45) is 0 Å². The van der Waals surface area contributed by atoms with E-state index in [-0.39, 0.29) is 0 Å². The van der Waals surface area contributed by atoms with E-state index in [1.54, 1.807) is 0 Å². The van der Waals surface area contributed by atoms with Crippen LogP contribution in [0.3, 0.4) is 0 Å². The highest BCUT2D eigenvalue weighted by Gasteiger charge is 2.19. The first kappa shape index (κ1) is 15.2. The van der Waals surface area contributed by atoms with Crippen molar-refractivity contribution >= 4 is 48.5 Å². The molecule has 0 amide bonds. The summed E-state index contributed by atoms with van der Waals surface area (Å²) >= 11 is 1.85. The molecule has 26 heavy (non-hydrogen) atoms. The number of thiophene rings is 1. The molecule has 0 aliphatic carbocycles. The topological polar surface area (TPSA) is 3.24 Å². The molecule has 4 aromatic rings. The molecule has 0 spiro atoms. The standard InChI is InChI=1S/C24H17NS/c1-17-9-7-8-16-25(18-10-3-2-4-11-18)21-15-14-20-19-12-5-6-13-22(19)26-24(20)23(17)21/h2-16H,1H2/b9-7-,16-8-. The number of nitrogens with zero attached hydrogens (tertiary/aromatic N) is 1. The highest BCUT2D eigenvalue weighted by Crippen LogP contribution is 2.44. The van der Waals surface area contributed by atoms with E-state index < -0.39 is 0 Å². The fraction of sp³-hybridized carbons (Fsp3) is 0. The molecule has 0 saturated heterocycles. The zero-order valence-electron chi connectivity index (χ0n) is 14.2. The molecular formula is C24H17NS. The zero-order chi connectivity index (χ0) is 17.5. The van der Waals surface area contributed by atoms with Crippen molar-refractivity contribution in [3.63, 3.8) is 0 Å². The largest absolute Gasteiger partial charge is 0.317 e. The highest BCUT2D eigenvalue weighted by atomic mass is 32.1. The Balaban J connectivity index is 1.86. The van der Waals surface area contributed by atoms with Crippen molar-refractivity contribution in [1.29, 1.82) is 0 Å². The molecular weight excluding hydrogens is 334 g/mol. The fourth-order valence-electron chi connectivity index (χ4n) is 3.57. The monoisotopic (exact) mass is 351 g/mol. The van der Waals surface area contributed by atoms with Crippen LogP contribution in [0.2, 0.25) is 0 Å². The molecule has 5 rings (SSSR count). The minimum absolute atomic E-state index is 1.04. The lowest BCUT2D eigenvalue weighted by molar-refractivity contribution is 1.28. The quantitative estimate of drug-likeness (QED) is 0.348. The van der Waals surface area contributed by atoms with Gasteiger partial charge in [-0.2, -0.15) is 0 Å². The Morgan fingerprint density at radius 3 is 2.46 bits per heavy atom. The molecule has 1 aliphatic heterocycles. The zero-order valence-corrected chi connectivity index (χ0v) is 15.0. The SMILES string of the molecule is C=C1/C=C\C=C/N(c2ccccc2)c2ccc3c(sc4ccccc43)c21. The number of anilines is 2. The molecule has 124 valence electrons. The normalized spacial score (nSPS) is 16.3. The summed E-state index contributed by atoms with van der Waals surface area (Å²) < 4.78 is 2.62. The van der Waals surface area contributed by atoms with Gasteiger partial charge in [-0.3, -0.25) is 0 Å². The van der Waals surface area contributed by atoms with Gasteiger partial charge in [0.2, 0.25) is 0 Å². The Kier molecular flexibility index (Phi) is 3.51. The van der Waals surface area contributed by atoms with Gasteiger partial charge in [0.05, 0.1) is 5.69 Å². The van der Waals surface area contributed by atoms with Crippen molar-refractivity contribution in [2.75, 3.05) is 4.90 Å². The second kappa shape index (κ2) is 6.01. The first-order valence-corrected chi connectivity index (χ1v) is 9.47. The van der Waals surface area contributed by atoms with Crippen LogP contribution in [0.1, 0.15) is 5.56 Å². The van der Waals surface area contributed by atoms with Crippen LogP contribution in [0.4, 0.5) is 11.4 Å². The predicted octanol–water partition coefficient (Wildman–Crippen LogP) is 7.29. The minimum Gasteiger partial charge on any atom is -0.317 e. The molecule has 0 bridgehead atoms. The molecule has 1 aliphatic rings. The Bertz CT molecular complexity index is 1200. The molecule has 2 heterocycles. The third kappa shape index (κ3) is 2.31. The second-order valence-electron chi connectivity index (χ2n) is 6.37. The number of allylic oxidation sites excluding steroid dienone is 4. The number of para-hydroxylation sites is 1. The molecule has 0 atom stereocenters. The van der Waals surface area contributed by atoms with E-state index in [0.717, 1.165) is 11.3 Å². The summed E-state index contributed by atoms with van der Waals surface area (Å²) in [6, 6.07) is 23.6. The first-order chi connectivity index (χ1) is 12.8. The Hall–Kier alpha value is -3.10. The van der Waals surface area contributed by atoms with Crippen molar-refractivity contribution in [1.82, 2.24) is 0 Å². The number of rotatable bonds is 1. The Morgan fingerprint density at radius 1 is 0.769 bits per heavy atom. The van der Waals surface area contributed by atoms with Gasteiger partial charge in [-0.05, 0) is 35.9 Å². The van der Waals surface area contributed by atoms with Gasteiger partial charge >= 0.3 is 0 Å². The first-order valence-electron chi connectivity index (χ1n) is 8.65. The van der Waals surface area contributed by atoms with E-state index in [1.165, 1.54) is 31.4 Å². The summed E-state index contributed by atoms with van der Waals surface area (Å²) in [7, 11) is 0. The van der Waals surface area contributed by atoms with Crippen LogP contribution >= 0.6 is 11.3 Å². The lowest BCUT2D eigenvalue weighted by Gasteiger charge is -2.25. The van der Waals surface area contributed by atoms with Crippen molar-refractivity contribution in [3.05, 3.63) is 103 Å². The van der Waals surface area contributed by atoms with Crippen LogP contribution in [-0.2, 0) is 0 Å². The van der Waals surface area contributed by atoms with Crippen LogP contribution in [-0.4, -0.2) is 0 Å². The number of fused-ring (bicyclic) bond motifs is 5. The summed E-state index contributed by atoms with van der Waals surface area (Å²) in [5, 5.41) is 2.62. The smallest absolute Gasteiger partial charge is 0.0548 e. The fourth-order valence-corrected chi connectivity index (χ4v) is 4.85. The van der Waals surface area contributed by atoms with E-state index >= 15 is 0 Å². The van der Waals surface area contributed by atoms with Crippen LogP contribution < -0.4 is 4.90 Å². The van der Waals surface area contributed by atoms with Crippen molar-refractivity contribution in [2.45, 2.75) is 0 Å². The molecule has 1 aromatic heterocycles. The van der Waals surface area contributed by atoms with E-state index in [1.807, 2.05) is 17.4 Å². The molecule has 2 heteroatoms. The van der Waals surface area contributed by atoms with Gasteiger partial charge in [0.15, 0.2) is 0 Å². The Labute approximate surface area is 156 Å². The summed E-state index contributed by atoms with van der Waals surface area (Å²) in [4.78, 5) is 2.24. The van der Waals surface area contributed by atoms with E-state index in [4.69, 9.17) is 0 Å². The van der Waals surface area contributed by atoms with E-state index in [2.05, 4.69) is 96.6 Å². The highest BCUT2D eigenvalue weighted by molar-refractivity contribution is 7.26. The summed E-state index contributed by atoms with van der Waals surface area (Å²) in [5.74, 6) is 0. The average Bonchev–Trinajstić information content (AvgIpc) is 3.05. The van der Waals surface area contributed by atoms with Gasteiger partial charge in [0, 0.05) is 37.6 Å². The van der Waals surface area contributed by atoms with Gasteiger partial charge in [-0.25, -0.2) is 0 Å². The van der Waals surface area contributed by atoms with E-state index in [9.17, 15) is 0 Å². The maximum atomic E-state index is 4.36. The molecule has 1 nitrogen and oxygen atoms in total. The van der Waals surface area contributed by atoms with Crippen LogP contribution in [0.15, 0.2) is 97.7 Å². The minimum atomic E-state index is 1.04. The molecule has 0 radical (unpaired) electrons. The Morgan fingerprint density at radius 2 is 1.58 bits per heavy atom. The maximum absolute atomic E-state index is 4.36. The third-order valence-corrected chi connectivity index (χ3v) is 5.99. The second-order valence-corrected chi connectivity index (χ2v) is 7.42.